The van der Waals surface area contributed by atoms with E-state index in [9.17, 15) is 19.2 Å². The second kappa shape index (κ2) is 6.90. The molecule has 2 heterocycles. The molecule has 0 aromatic heterocycles. The van der Waals surface area contributed by atoms with Crippen LogP contribution in [0, 0.1) is 0 Å². The lowest BCUT2D eigenvalue weighted by Crippen LogP contribution is -2.54. The number of fused-ring (bicyclic) bond motifs is 1. The summed E-state index contributed by atoms with van der Waals surface area (Å²) in [6.45, 7) is 5.92. The number of amides is 1. The number of β-lactam (4-membered cyclic amide) rings is 1. The second-order valence-electron chi connectivity index (χ2n) is 5.37. The Bertz CT molecular complexity index is 611. The van der Waals surface area contributed by atoms with Gasteiger partial charge in [-0.3, -0.25) is 14.5 Å². The Morgan fingerprint density at radius 2 is 1.96 bits per heavy atom. The zero-order chi connectivity index (χ0) is 18.0. The van der Waals surface area contributed by atoms with Crippen LogP contribution in [0.5, 0.6) is 0 Å². The third kappa shape index (κ3) is 3.34. The van der Waals surface area contributed by atoms with Gasteiger partial charge in [0.25, 0.3) is 0 Å². The van der Waals surface area contributed by atoms with Gasteiger partial charge in [0.05, 0.1) is 19.1 Å². The van der Waals surface area contributed by atoms with Gasteiger partial charge >= 0.3 is 18.1 Å². The van der Waals surface area contributed by atoms with Crippen LogP contribution < -0.4 is 0 Å². The fraction of sp³-hybridized carbons (Fsp3) is 0.600. The van der Waals surface area contributed by atoms with Crippen molar-refractivity contribution in [3.05, 3.63) is 11.3 Å². The molecule has 24 heavy (non-hydrogen) atoms. The highest BCUT2D eigenvalue weighted by Crippen LogP contribution is 2.40. The minimum atomic E-state index is -1.19. The summed E-state index contributed by atoms with van der Waals surface area (Å²) in [5, 5.41) is 0. The van der Waals surface area contributed by atoms with E-state index in [1.807, 2.05) is 0 Å². The fourth-order valence-corrected chi connectivity index (χ4v) is 2.71. The van der Waals surface area contributed by atoms with E-state index in [1.165, 1.54) is 18.7 Å². The Balaban J connectivity index is 2.09. The first-order valence-corrected chi connectivity index (χ1v) is 7.50. The molecule has 1 fully saturated rings. The third-order valence-corrected chi connectivity index (χ3v) is 3.66. The normalized spacial score (nSPS) is 23.2. The Morgan fingerprint density at radius 1 is 1.29 bits per heavy atom. The van der Waals surface area contributed by atoms with Gasteiger partial charge in [0.1, 0.15) is 11.8 Å². The van der Waals surface area contributed by atoms with Crippen molar-refractivity contribution in [2.75, 3.05) is 6.61 Å². The molecule has 0 saturated carbocycles. The fourth-order valence-electron chi connectivity index (χ4n) is 2.71. The van der Waals surface area contributed by atoms with Crippen LogP contribution in [0.15, 0.2) is 11.3 Å². The molecule has 0 spiro atoms. The summed E-state index contributed by atoms with van der Waals surface area (Å²) in [4.78, 5) is 47.8. The summed E-state index contributed by atoms with van der Waals surface area (Å²) in [7, 11) is 0. The van der Waals surface area contributed by atoms with Crippen molar-refractivity contribution in [1.82, 2.24) is 4.90 Å². The number of carbonyl (C=O) groups excluding carboxylic acids is 4. The maximum atomic E-state index is 12.3. The highest BCUT2D eigenvalue weighted by atomic mass is 16.8. The van der Waals surface area contributed by atoms with E-state index in [4.69, 9.17) is 14.2 Å². The number of esters is 2. The monoisotopic (exact) mass is 341 g/mol. The quantitative estimate of drug-likeness (QED) is 0.314. The average molecular weight is 341 g/mol. The highest BCUT2D eigenvalue weighted by Gasteiger charge is 2.54. The predicted octanol–water partition coefficient (Wildman–Crippen LogP) is 0.869. The minimum Gasteiger partial charge on any atom is -0.456 e. The van der Waals surface area contributed by atoms with Crippen LogP contribution in [-0.4, -0.2) is 53.9 Å². The molecule has 9 heteroatoms. The standard InChI is InChI=1S/C15H19NO8/c1-5-21-15(20)24-9(4)23-14(19)12-7(2)13(22-8(3)17)10-6-11(18)16(10)12/h9-10,13H,5-6H2,1-4H3/t9?,10-,13?/m0/s1. The first-order valence-electron chi connectivity index (χ1n) is 7.50. The molecule has 132 valence electrons. The van der Waals surface area contributed by atoms with Gasteiger partial charge in [-0.25, -0.2) is 9.59 Å². The molecular weight excluding hydrogens is 322 g/mol. The van der Waals surface area contributed by atoms with Crippen molar-refractivity contribution in [2.45, 2.75) is 52.6 Å². The van der Waals surface area contributed by atoms with Gasteiger partial charge in [-0.1, -0.05) is 0 Å². The number of hydrogen-bond donors (Lipinski definition) is 0. The summed E-state index contributed by atoms with van der Waals surface area (Å²) in [6.07, 6.45) is -2.66. The van der Waals surface area contributed by atoms with Crippen molar-refractivity contribution >= 4 is 24.0 Å². The van der Waals surface area contributed by atoms with Crippen LogP contribution in [0.2, 0.25) is 0 Å². The summed E-state index contributed by atoms with van der Waals surface area (Å²) in [5.41, 5.74) is 0.441. The molecule has 2 aliphatic rings. The number of carbonyl (C=O) groups is 4. The lowest BCUT2D eigenvalue weighted by molar-refractivity contribution is -0.169. The smallest absolute Gasteiger partial charge is 0.456 e. The molecule has 1 amide bonds. The van der Waals surface area contributed by atoms with Gasteiger partial charge in [0, 0.05) is 19.4 Å². The number of hydrogen-bond acceptors (Lipinski definition) is 8. The van der Waals surface area contributed by atoms with E-state index >= 15 is 0 Å². The van der Waals surface area contributed by atoms with Crippen LogP contribution in [0.3, 0.4) is 0 Å². The van der Waals surface area contributed by atoms with E-state index in [1.54, 1.807) is 13.8 Å². The van der Waals surface area contributed by atoms with Crippen LogP contribution in [0.25, 0.3) is 0 Å². The first-order chi connectivity index (χ1) is 11.3. The maximum absolute atomic E-state index is 12.3. The Hall–Kier alpha value is -2.58. The van der Waals surface area contributed by atoms with Gasteiger partial charge in [-0.15, -0.1) is 0 Å². The molecule has 0 aliphatic carbocycles. The Morgan fingerprint density at radius 3 is 2.50 bits per heavy atom. The molecule has 9 nitrogen and oxygen atoms in total. The largest absolute Gasteiger partial charge is 0.511 e. The minimum absolute atomic E-state index is 0.0156. The average Bonchev–Trinajstić information content (AvgIpc) is 2.67. The Kier molecular flexibility index (Phi) is 5.10. The van der Waals surface area contributed by atoms with Crippen LogP contribution in [0.4, 0.5) is 4.79 Å². The van der Waals surface area contributed by atoms with Crippen LogP contribution in [0.1, 0.15) is 34.1 Å². The van der Waals surface area contributed by atoms with Crippen LogP contribution in [-0.2, 0) is 33.3 Å². The van der Waals surface area contributed by atoms with Crippen molar-refractivity contribution in [2.24, 2.45) is 0 Å². The molecule has 0 bridgehead atoms. The lowest BCUT2D eigenvalue weighted by atomic mass is 9.98. The summed E-state index contributed by atoms with van der Waals surface area (Å²) in [5.74, 6) is -1.61. The zero-order valence-corrected chi connectivity index (χ0v) is 13.9. The summed E-state index contributed by atoms with van der Waals surface area (Å²) in [6, 6.07) is -0.398. The highest BCUT2D eigenvalue weighted by molar-refractivity contribution is 5.99. The second-order valence-corrected chi connectivity index (χ2v) is 5.37. The molecule has 2 unspecified atom stereocenters. The topological polar surface area (TPSA) is 108 Å². The summed E-state index contributed by atoms with van der Waals surface area (Å²) >= 11 is 0. The molecule has 0 aromatic carbocycles. The summed E-state index contributed by atoms with van der Waals surface area (Å²) < 4.78 is 19.5. The molecule has 0 radical (unpaired) electrons. The third-order valence-electron chi connectivity index (χ3n) is 3.66. The van der Waals surface area contributed by atoms with Crippen molar-refractivity contribution in [3.8, 4) is 0 Å². The molecule has 0 N–H and O–H groups in total. The van der Waals surface area contributed by atoms with E-state index in [-0.39, 0.29) is 24.6 Å². The molecule has 1 saturated heterocycles. The van der Waals surface area contributed by atoms with Gasteiger partial charge in [-0.2, -0.15) is 0 Å². The van der Waals surface area contributed by atoms with E-state index in [0.29, 0.717) is 5.57 Å². The maximum Gasteiger partial charge on any atom is 0.511 e. The van der Waals surface area contributed by atoms with Gasteiger partial charge in [0.15, 0.2) is 0 Å². The van der Waals surface area contributed by atoms with Crippen molar-refractivity contribution in [3.63, 3.8) is 0 Å². The first kappa shape index (κ1) is 17.8. The molecule has 0 aromatic rings. The van der Waals surface area contributed by atoms with Gasteiger partial charge < -0.3 is 18.9 Å². The van der Waals surface area contributed by atoms with Crippen molar-refractivity contribution < 1.29 is 38.1 Å². The Labute approximate surface area is 138 Å². The molecule has 2 aliphatic heterocycles. The van der Waals surface area contributed by atoms with E-state index in [2.05, 4.69) is 4.74 Å². The van der Waals surface area contributed by atoms with E-state index in [0.717, 1.165) is 0 Å². The molecule has 3 atom stereocenters. The van der Waals surface area contributed by atoms with Crippen molar-refractivity contribution in [1.29, 1.82) is 0 Å². The molecule has 2 rings (SSSR count). The SMILES string of the molecule is CCOC(=O)OC(C)OC(=O)C1=C(C)C(OC(C)=O)[C@@H]2CC(=O)N12. The zero-order valence-electron chi connectivity index (χ0n) is 13.9. The number of rotatable bonds is 5. The lowest BCUT2D eigenvalue weighted by Gasteiger charge is -2.37. The number of nitrogens with zero attached hydrogens (tertiary/aromatic N) is 1. The predicted molar refractivity (Wildman–Crippen MR) is 77.2 cm³/mol. The molecular formula is C15H19NO8. The van der Waals surface area contributed by atoms with E-state index < -0.39 is 36.5 Å². The van der Waals surface area contributed by atoms with Gasteiger partial charge in [-0.05, 0) is 13.8 Å². The number of ether oxygens (including phenoxy) is 4. The van der Waals surface area contributed by atoms with Gasteiger partial charge in [0.2, 0.25) is 12.2 Å². The van der Waals surface area contributed by atoms with Crippen LogP contribution >= 0.6 is 0 Å².